The van der Waals surface area contributed by atoms with Crippen molar-refractivity contribution in [3.8, 4) is 0 Å². The molecule has 0 unspecified atom stereocenters. The van der Waals surface area contributed by atoms with Gasteiger partial charge in [0, 0.05) is 30.7 Å². The van der Waals surface area contributed by atoms with E-state index in [-0.39, 0.29) is 18.1 Å². The predicted octanol–water partition coefficient (Wildman–Crippen LogP) is 4.21. The standard InChI is InChI=1S/C19H30ClN3O/c1-4-18(15-6-5-7-16(20)12-15)22-19(24)21-17-8-10-23(11-9-17)13-14(2)3/h5-7,12,14,17-18H,4,8-11,13H2,1-3H3,(H2,21,22,24)/t18-/m1/s1. The van der Waals surface area contributed by atoms with Gasteiger partial charge < -0.3 is 15.5 Å². The van der Waals surface area contributed by atoms with Crippen molar-refractivity contribution in [2.45, 2.75) is 52.1 Å². The van der Waals surface area contributed by atoms with Crippen LogP contribution in [0.4, 0.5) is 4.79 Å². The molecule has 24 heavy (non-hydrogen) atoms. The summed E-state index contributed by atoms with van der Waals surface area (Å²) >= 11 is 6.05. The number of halogens is 1. The largest absolute Gasteiger partial charge is 0.335 e. The predicted molar refractivity (Wildman–Crippen MR) is 100 cm³/mol. The molecule has 4 nitrogen and oxygen atoms in total. The summed E-state index contributed by atoms with van der Waals surface area (Å²) in [6, 6.07) is 7.87. The first-order chi connectivity index (χ1) is 11.5. The highest BCUT2D eigenvalue weighted by molar-refractivity contribution is 6.30. The van der Waals surface area contributed by atoms with Crippen molar-refractivity contribution in [1.82, 2.24) is 15.5 Å². The summed E-state index contributed by atoms with van der Waals surface area (Å²) in [5, 5.41) is 6.91. The average Bonchev–Trinajstić information content (AvgIpc) is 2.54. The van der Waals surface area contributed by atoms with E-state index in [9.17, 15) is 4.79 Å². The van der Waals surface area contributed by atoms with Crippen molar-refractivity contribution < 1.29 is 4.79 Å². The fourth-order valence-corrected chi connectivity index (χ4v) is 3.50. The Labute approximate surface area is 150 Å². The fourth-order valence-electron chi connectivity index (χ4n) is 3.31. The summed E-state index contributed by atoms with van der Waals surface area (Å²) in [7, 11) is 0. The second-order valence-electron chi connectivity index (χ2n) is 7.10. The summed E-state index contributed by atoms with van der Waals surface area (Å²) in [6.07, 6.45) is 2.88. The summed E-state index contributed by atoms with van der Waals surface area (Å²) in [6.45, 7) is 9.84. The summed E-state index contributed by atoms with van der Waals surface area (Å²) in [5.74, 6) is 0.695. The van der Waals surface area contributed by atoms with Crippen LogP contribution in [0.5, 0.6) is 0 Å². The minimum absolute atomic E-state index is 0.00951. The van der Waals surface area contributed by atoms with E-state index in [1.807, 2.05) is 24.3 Å². The first-order valence-corrected chi connectivity index (χ1v) is 9.40. The van der Waals surface area contributed by atoms with Gasteiger partial charge in [0.2, 0.25) is 0 Å². The van der Waals surface area contributed by atoms with Gasteiger partial charge in [-0.15, -0.1) is 0 Å². The van der Waals surface area contributed by atoms with E-state index in [4.69, 9.17) is 11.6 Å². The topological polar surface area (TPSA) is 44.4 Å². The van der Waals surface area contributed by atoms with E-state index >= 15 is 0 Å². The molecule has 0 radical (unpaired) electrons. The van der Waals surface area contributed by atoms with Gasteiger partial charge in [-0.1, -0.05) is 44.5 Å². The number of benzene rings is 1. The number of hydrogen-bond donors (Lipinski definition) is 2. The molecule has 1 saturated heterocycles. The summed E-state index contributed by atoms with van der Waals surface area (Å²) < 4.78 is 0. The molecule has 2 N–H and O–H groups in total. The molecule has 2 amide bonds. The number of likely N-dealkylation sites (tertiary alicyclic amines) is 1. The first-order valence-electron chi connectivity index (χ1n) is 9.02. The van der Waals surface area contributed by atoms with Crippen molar-refractivity contribution in [3.05, 3.63) is 34.9 Å². The Morgan fingerprint density at radius 2 is 2.04 bits per heavy atom. The molecule has 0 bridgehead atoms. The number of carbonyl (C=O) groups excluding carboxylic acids is 1. The van der Waals surface area contributed by atoms with Crippen LogP contribution in [-0.4, -0.2) is 36.6 Å². The molecule has 5 heteroatoms. The molecule has 134 valence electrons. The zero-order chi connectivity index (χ0) is 17.5. The second-order valence-corrected chi connectivity index (χ2v) is 7.54. The van der Waals surface area contributed by atoms with E-state index in [1.165, 1.54) is 0 Å². The van der Waals surface area contributed by atoms with Crippen LogP contribution in [0.25, 0.3) is 0 Å². The quantitative estimate of drug-likeness (QED) is 0.806. The van der Waals surface area contributed by atoms with Crippen LogP contribution >= 0.6 is 11.6 Å². The third-order valence-corrected chi connectivity index (χ3v) is 4.75. The Hall–Kier alpha value is -1.26. The molecule has 1 atom stereocenters. The smallest absolute Gasteiger partial charge is 0.315 e. The van der Waals surface area contributed by atoms with Gasteiger partial charge in [-0.05, 0) is 42.9 Å². The lowest BCUT2D eigenvalue weighted by molar-refractivity contribution is 0.177. The van der Waals surface area contributed by atoms with Gasteiger partial charge in [0.1, 0.15) is 0 Å². The number of hydrogen-bond acceptors (Lipinski definition) is 2. The normalized spacial score (nSPS) is 17.7. The molecule has 0 aliphatic carbocycles. The van der Waals surface area contributed by atoms with Gasteiger partial charge in [-0.25, -0.2) is 4.79 Å². The third-order valence-electron chi connectivity index (χ3n) is 4.51. The highest BCUT2D eigenvalue weighted by atomic mass is 35.5. The zero-order valence-corrected chi connectivity index (χ0v) is 15.8. The lowest BCUT2D eigenvalue weighted by Gasteiger charge is -2.33. The van der Waals surface area contributed by atoms with E-state index in [1.54, 1.807) is 0 Å². The van der Waals surface area contributed by atoms with Crippen LogP contribution in [0.3, 0.4) is 0 Å². The van der Waals surface area contributed by atoms with Gasteiger partial charge in [0.25, 0.3) is 0 Å². The Morgan fingerprint density at radius 1 is 1.33 bits per heavy atom. The van der Waals surface area contributed by atoms with Crippen LogP contribution in [0.15, 0.2) is 24.3 Å². The molecule has 2 rings (SSSR count). The molecule has 0 aromatic heterocycles. The maximum Gasteiger partial charge on any atom is 0.315 e. The molecule has 1 heterocycles. The zero-order valence-electron chi connectivity index (χ0n) is 15.0. The van der Waals surface area contributed by atoms with Crippen LogP contribution in [0, 0.1) is 5.92 Å². The Bertz CT molecular complexity index is 527. The second kappa shape index (κ2) is 9.28. The van der Waals surface area contributed by atoms with E-state index in [0.717, 1.165) is 44.5 Å². The molecule has 1 fully saturated rings. The molecule has 1 aromatic carbocycles. The highest BCUT2D eigenvalue weighted by Gasteiger charge is 2.22. The van der Waals surface area contributed by atoms with Crippen LogP contribution < -0.4 is 10.6 Å². The van der Waals surface area contributed by atoms with Crippen molar-refractivity contribution in [2.75, 3.05) is 19.6 Å². The maximum atomic E-state index is 12.3. The molecule has 1 aliphatic rings. The monoisotopic (exact) mass is 351 g/mol. The number of nitrogens with zero attached hydrogens (tertiary/aromatic N) is 1. The molecule has 0 saturated carbocycles. The van der Waals surface area contributed by atoms with Crippen LogP contribution in [0.1, 0.15) is 51.6 Å². The number of piperidine rings is 1. The third kappa shape index (κ3) is 5.99. The van der Waals surface area contributed by atoms with Gasteiger partial charge >= 0.3 is 6.03 Å². The Kier molecular flexibility index (Phi) is 7.38. The van der Waals surface area contributed by atoms with Gasteiger partial charge in [0.05, 0.1) is 6.04 Å². The molecule has 0 spiro atoms. The average molecular weight is 352 g/mol. The Morgan fingerprint density at radius 3 is 2.62 bits per heavy atom. The summed E-state index contributed by atoms with van der Waals surface area (Å²) in [4.78, 5) is 14.8. The number of carbonyl (C=O) groups is 1. The number of urea groups is 1. The minimum Gasteiger partial charge on any atom is -0.335 e. The number of nitrogens with one attached hydrogen (secondary N) is 2. The van der Waals surface area contributed by atoms with E-state index in [0.29, 0.717) is 10.9 Å². The first kappa shape index (κ1) is 19.1. The van der Waals surface area contributed by atoms with Crippen molar-refractivity contribution in [1.29, 1.82) is 0 Å². The fraction of sp³-hybridized carbons (Fsp3) is 0.632. The van der Waals surface area contributed by atoms with Gasteiger partial charge in [0.15, 0.2) is 0 Å². The van der Waals surface area contributed by atoms with E-state index < -0.39 is 0 Å². The van der Waals surface area contributed by atoms with Crippen molar-refractivity contribution in [3.63, 3.8) is 0 Å². The minimum atomic E-state index is -0.0795. The van der Waals surface area contributed by atoms with Crippen molar-refractivity contribution in [2.24, 2.45) is 5.92 Å². The Balaban J connectivity index is 1.80. The molecular formula is C19H30ClN3O. The van der Waals surface area contributed by atoms with Crippen molar-refractivity contribution >= 4 is 17.6 Å². The summed E-state index contributed by atoms with van der Waals surface area (Å²) in [5.41, 5.74) is 1.05. The number of rotatable bonds is 6. The van der Waals surface area contributed by atoms with Crippen LogP contribution in [-0.2, 0) is 0 Å². The SMILES string of the molecule is CC[C@@H](NC(=O)NC1CCN(CC(C)C)CC1)c1cccc(Cl)c1. The lowest BCUT2D eigenvalue weighted by Crippen LogP contribution is -2.49. The van der Waals surface area contributed by atoms with Crippen LogP contribution in [0.2, 0.25) is 5.02 Å². The van der Waals surface area contributed by atoms with E-state index in [2.05, 4.69) is 36.3 Å². The lowest BCUT2D eigenvalue weighted by atomic mass is 10.0. The number of amides is 2. The molecule has 1 aliphatic heterocycles. The maximum absolute atomic E-state index is 12.3. The molecular weight excluding hydrogens is 322 g/mol. The van der Waals surface area contributed by atoms with Gasteiger partial charge in [-0.2, -0.15) is 0 Å². The van der Waals surface area contributed by atoms with Gasteiger partial charge in [-0.3, -0.25) is 0 Å². The highest BCUT2D eigenvalue weighted by Crippen LogP contribution is 2.20. The molecule has 1 aromatic rings.